The van der Waals surface area contributed by atoms with Crippen LogP contribution in [0.15, 0.2) is 60.7 Å². The Morgan fingerprint density at radius 3 is 2.46 bits per heavy atom. The number of hydrogen-bond acceptors (Lipinski definition) is 3. The molecular formula is C22H24N2O2. The van der Waals surface area contributed by atoms with Crippen LogP contribution in [0.4, 0.5) is 0 Å². The molecule has 3 aromatic rings. The van der Waals surface area contributed by atoms with E-state index in [0.717, 1.165) is 36.1 Å². The van der Waals surface area contributed by atoms with Crippen molar-refractivity contribution in [2.24, 2.45) is 0 Å². The number of aryl methyl sites for hydroxylation is 1. The second-order valence-electron chi connectivity index (χ2n) is 6.34. The van der Waals surface area contributed by atoms with Crippen LogP contribution in [0.25, 0.3) is 11.3 Å². The van der Waals surface area contributed by atoms with Crippen molar-refractivity contribution in [1.82, 2.24) is 9.78 Å². The van der Waals surface area contributed by atoms with E-state index in [9.17, 15) is 4.79 Å². The van der Waals surface area contributed by atoms with E-state index < -0.39 is 0 Å². The van der Waals surface area contributed by atoms with Crippen molar-refractivity contribution in [3.05, 3.63) is 77.5 Å². The molecule has 0 fully saturated rings. The second kappa shape index (κ2) is 8.48. The standard InChI is InChI=1S/C22H24N2O2/c1-3-4-10-20-15-21(18-8-6-5-7-9-18)23-24(20)16-17-11-13-19(14-12-17)22(25)26-2/h5-9,11-15H,3-4,10,16H2,1-2H3. The van der Waals surface area contributed by atoms with Crippen LogP contribution >= 0.6 is 0 Å². The smallest absolute Gasteiger partial charge is 0.337 e. The molecule has 0 bridgehead atoms. The van der Waals surface area contributed by atoms with Gasteiger partial charge in [0.25, 0.3) is 0 Å². The van der Waals surface area contributed by atoms with Gasteiger partial charge >= 0.3 is 5.97 Å². The molecule has 0 saturated carbocycles. The number of rotatable bonds is 7. The molecule has 2 aromatic carbocycles. The van der Waals surface area contributed by atoms with Gasteiger partial charge in [0, 0.05) is 11.3 Å². The SMILES string of the molecule is CCCCc1cc(-c2ccccc2)nn1Cc1ccc(C(=O)OC)cc1. The normalized spacial score (nSPS) is 10.7. The van der Waals surface area contributed by atoms with Gasteiger partial charge in [-0.3, -0.25) is 4.68 Å². The zero-order valence-corrected chi connectivity index (χ0v) is 15.3. The van der Waals surface area contributed by atoms with Crippen LogP contribution in [0.5, 0.6) is 0 Å². The van der Waals surface area contributed by atoms with Crippen LogP contribution in [-0.4, -0.2) is 22.9 Å². The third-order valence-electron chi connectivity index (χ3n) is 4.43. The van der Waals surface area contributed by atoms with E-state index in [4.69, 9.17) is 9.84 Å². The summed E-state index contributed by atoms with van der Waals surface area (Å²) in [5.74, 6) is -0.314. The number of ether oxygens (including phenoxy) is 1. The Bertz CT molecular complexity index is 852. The molecule has 0 amide bonds. The number of unbranched alkanes of at least 4 members (excludes halogenated alkanes) is 1. The minimum atomic E-state index is -0.314. The molecular weight excluding hydrogens is 324 g/mol. The number of methoxy groups -OCH3 is 1. The van der Waals surface area contributed by atoms with Crippen molar-refractivity contribution in [3.8, 4) is 11.3 Å². The Labute approximate surface area is 154 Å². The number of hydrogen-bond donors (Lipinski definition) is 0. The molecule has 1 heterocycles. The molecule has 26 heavy (non-hydrogen) atoms. The topological polar surface area (TPSA) is 44.1 Å². The summed E-state index contributed by atoms with van der Waals surface area (Å²) in [6, 6.07) is 20.0. The lowest BCUT2D eigenvalue weighted by molar-refractivity contribution is 0.0600. The van der Waals surface area contributed by atoms with Crippen molar-refractivity contribution >= 4 is 5.97 Å². The molecule has 0 N–H and O–H groups in total. The lowest BCUT2D eigenvalue weighted by Crippen LogP contribution is -2.07. The van der Waals surface area contributed by atoms with Gasteiger partial charge in [0.1, 0.15) is 0 Å². The summed E-state index contributed by atoms with van der Waals surface area (Å²) < 4.78 is 6.83. The zero-order valence-electron chi connectivity index (χ0n) is 15.3. The molecule has 4 heteroatoms. The lowest BCUT2D eigenvalue weighted by Gasteiger charge is -2.08. The van der Waals surface area contributed by atoms with E-state index in [0.29, 0.717) is 12.1 Å². The predicted molar refractivity (Wildman–Crippen MR) is 103 cm³/mol. The minimum Gasteiger partial charge on any atom is -0.465 e. The highest BCUT2D eigenvalue weighted by Crippen LogP contribution is 2.21. The summed E-state index contributed by atoms with van der Waals surface area (Å²) in [4.78, 5) is 11.6. The number of benzene rings is 2. The number of esters is 1. The fraction of sp³-hybridized carbons (Fsp3) is 0.273. The molecule has 0 aliphatic rings. The predicted octanol–water partition coefficient (Wildman–Crippen LogP) is 4.73. The van der Waals surface area contributed by atoms with Crippen LogP contribution in [0.1, 0.15) is 41.4 Å². The zero-order chi connectivity index (χ0) is 18.4. The average Bonchev–Trinajstić information content (AvgIpc) is 3.09. The highest BCUT2D eigenvalue weighted by atomic mass is 16.5. The highest BCUT2D eigenvalue weighted by molar-refractivity contribution is 5.89. The van der Waals surface area contributed by atoms with Gasteiger partial charge < -0.3 is 4.74 Å². The molecule has 0 aliphatic carbocycles. The van der Waals surface area contributed by atoms with E-state index in [-0.39, 0.29) is 5.97 Å². The maximum absolute atomic E-state index is 11.6. The summed E-state index contributed by atoms with van der Waals surface area (Å²) in [6.45, 7) is 2.89. The largest absolute Gasteiger partial charge is 0.465 e. The maximum atomic E-state index is 11.6. The Kier molecular flexibility index (Phi) is 5.84. The summed E-state index contributed by atoms with van der Waals surface area (Å²) in [5, 5.41) is 4.83. The van der Waals surface area contributed by atoms with Gasteiger partial charge in [-0.1, -0.05) is 55.8 Å². The van der Waals surface area contributed by atoms with Crippen molar-refractivity contribution in [2.45, 2.75) is 32.7 Å². The monoisotopic (exact) mass is 348 g/mol. The molecule has 0 radical (unpaired) electrons. The second-order valence-corrected chi connectivity index (χ2v) is 6.34. The first-order chi connectivity index (χ1) is 12.7. The molecule has 0 aliphatic heterocycles. The van der Waals surface area contributed by atoms with Gasteiger partial charge in [-0.15, -0.1) is 0 Å². The van der Waals surface area contributed by atoms with E-state index in [1.54, 1.807) is 12.1 Å². The van der Waals surface area contributed by atoms with Gasteiger partial charge in [0.2, 0.25) is 0 Å². The molecule has 0 atom stereocenters. The van der Waals surface area contributed by atoms with Crippen molar-refractivity contribution in [1.29, 1.82) is 0 Å². The number of nitrogens with zero attached hydrogens (tertiary/aromatic N) is 2. The van der Waals surface area contributed by atoms with Crippen LogP contribution in [0, 0.1) is 0 Å². The molecule has 0 saturated heterocycles. The number of aromatic nitrogens is 2. The summed E-state index contributed by atoms with van der Waals surface area (Å²) >= 11 is 0. The molecule has 3 rings (SSSR count). The number of carbonyl (C=O) groups excluding carboxylic acids is 1. The fourth-order valence-electron chi connectivity index (χ4n) is 2.94. The third-order valence-corrected chi connectivity index (χ3v) is 4.43. The Balaban J connectivity index is 1.85. The molecule has 4 nitrogen and oxygen atoms in total. The first kappa shape index (κ1) is 17.9. The Hall–Kier alpha value is -2.88. The Morgan fingerprint density at radius 2 is 1.81 bits per heavy atom. The third kappa shape index (κ3) is 4.20. The summed E-state index contributed by atoms with van der Waals surface area (Å²) in [7, 11) is 1.39. The highest BCUT2D eigenvalue weighted by Gasteiger charge is 2.11. The molecule has 0 spiro atoms. The quantitative estimate of drug-likeness (QED) is 0.580. The first-order valence-electron chi connectivity index (χ1n) is 9.00. The van der Waals surface area contributed by atoms with E-state index >= 15 is 0 Å². The van der Waals surface area contributed by atoms with Crippen molar-refractivity contribution < 1.29 is 9.53 Å². The molecule has 0 unspecified atom stereocenters. The van der Waals surface area contributed by atoms with Crippen LogP contribution in [0.3, 0.4) is 0 Å². The Morgan fingerprint density at radius 1 is 1.08 bits per heavy atom. The van der Waals surface area contributed by atoms with E-state index in [1.807, 2.05) is 30.3 Å². The molecule has 1 aromatic heterocycles. The minimum absolute atomic E-state index is 0.314. The summed E-state index contributed by atoms with van der Waals surface area (Å²) in [5.41, 5.74) is 5.04. The fourth-order valence-corrected chi connectivity index (χ4v) is 2.94. The van der Waals surface area contributed by atoms with Gasteiger partial charge in [-0.05, 0) is 36.6 Å². The van der Waals surface area contributed by atoms with E-state index in [2.05, 4.69) is 29.8 Å². The lowest BCUT2D eigenvalue weighted by atomic mass is 10.1. The molecule has 134 valence electrons. The number of carbonyl (C=O) groups is 1. The van der Waals surface area contributed by atoms with Crippen LogP contribution in [0.2, 0.25) is 0 Å². The first-order valence-corrected chi connectivity index (χ1v) is 9.00. The van der Waals surface area contributed by atoms with E-state index in [1.165, 1.54) is 12.8 Å². The van der Waals surface area contributed by atoms with Gasteiger partial charge in [0.15, 0.2) is 0 Å². The van der Waals surface area contributed by atoms with Crippen molar-refractivity contribution in [3.63, 3.8) is 0 Å². The maximum Gasteiger partial charge on any atom is 0.337 e. The van der Waals surface area contributed by atoms with Gasteiger partial charge in [-0.25, -0.2) is 4.79 Å². The van der Waals surface area contributed by atoms with Gasteiger partial charge in [-0.2, -0.15) is 5.10 Å². The van der Waals surface area contributed by atoms with Crippen LogP contribution < -0.4 is 0 Å². The van der Waals surface area contributed by atoms with Crippen LogP contribution in [-0.2, 0) is 17.7 Å². The van der Waals surface area contributed by atoms with Gasteiger partial charge in [0.05, 0.1) is 24.9 Å². The average molecular weight is 348 g/mol. The van der Waals surface area contributed by atoms with Crippen molar-refractivity contribution in [2.75, 3.05) is 7.11 Å². The summed E-state index contributed by atoms with van der Waals surface area (Å²) in [6.07, 6.45) is 3.30.